The molecule has 14 nitrogen and oxygen atoms in total. The third-order valence-corrected chi connectivity index (χ3v) is 10.6. The van der Waals surface area contributed by atoms with Crippen molar-refractivity contribution >= 4 is 61.9 Å². The maximum atomic E-state index is 13.3. The van der Waals surface area contributed by atoms with E-state index in [1.807, 2.05) is 12.1 Å². The Morgan fingerprint density at radius 1 is 0.857 bits per heavy atom. The van der Waals surface area contributed by atoms with Gasteiger partial charge < -0.3 is 30.9 Å². The number of aliphatic carboxylic acids is 1. The molecule has 0 spiro atoms. The van der Waals surface area contributed by atoms with Crippen LogP contribution in [0.1, 0.15) is 91.0 Å². The van der Waals surface area contributed by atoms with Crippen LogP contribution in [0.3, 0.4) is 0 Å². The minimum Gasteiger partial charge on any atom is -0.479 e. The zero-order chi connectivity index (χ0) is 41.6. The highest BCUT2D eigenvalue weighted by atomic mass is 32.2. The first kappa shape index (κ1) is 43.2. The number of nitrogens with two attached hydrogens (primary N) is 1. The highest BCUT2D eigenvalue weighted by Gasteiger charge is 2.35. The Morgan fingerprint density at radius 2 is 1.46 bits per heavy atom. The predicted octanol–water partition coefficient (Wildman–Crippen LogP) is 7.75. The fourth-order valence-corrected chi connectivity index (χ4v) is 6.92. The first-order valence-electron chi connectivity index (χ1n) is 18.2. The number of imide groups is 1. The van der Waals surface area contributed by atoms with Crippen molar-refractivity contribution in [2.45, 2.75) is 109 Å². The van der Waals surface area contributed by atoms with E-state index in [0.29, 0.717) is 46.1 Å². The monoisotopic (exact) mass is 789 g/mol. The first-order chi connectivity index (χ1) is 26.1. The molecule has 1 aromatic heterocycles. The second-order valence-electron chi connectivity index (χ2n) is 15.5. The lowest BCUT2D eigenvalue weighted by Gasteiger charge is -2.28. The average molecular weight is 790 g/mol. The lowest BCUT2D eigenvalue weighted by Crippen LogP contribution is -2.44. The number of amides is 3. The SMILES string of the molecule is CC(C)S(=O)(=O)c1ccc(NC(=O)CCCc2ccc(C(Nc3ccc4c(N(C(=O)OC(C)(C)C)C(=O)OC(C)(C)C)nccc4c3)C(=O)O)cc2)cc1CN. The Balaban J connectivity index is 1.44. The van der Waals surface area contributed by atoms with Crippen molar-refractivity contribution in [1.82, 2.24) is 4.98 Å². The zero-order valence-corrected chi connectivity index (χ0v) is 33.8. The van der Waals surface area contributed by atoms with Gasteiger partial charge in [0.1, 0.15) is 11.2 Å². The fourth-order valence-electron chi connectivity index (χ4n) is 5.65. The minimum atomic E-state index is -3.52. The number of fused-ring (bicyclic) bond motifs is 1. The smallest absolute Gasteiger partial charge is 0.425 e. The Bertz CT molecular complexity index is 2160. The van der Waals surface area contributed by atoms with Crippen LogP contribution in [0.15, 0.2) is 77.8 Å². The lowest BCUT2D eigenvalue weighted by atomic mass is 10.0. The Morgan fingerprint density at radius 3 is 2.02 bits per heavy atom. The van der Waals surface area contributed by atoms with Gasteiger partial charge in [0, 0.05) is 35.9 Å². The molecule has 300 valence electrons. The Kier molecular flexibility index (Phi) is 13.5. The summed E-state index contributed by atoms with van der Waals surface area (Å²) in [5, 5.41) is 16.4. The Hall–Kier alpha value is -5.54. The molecule has 0 saturated carbocycles. The molecule has 0 radical (unpaired) electrons. The van der Waals surface area contributed by atoms with Gasteiger partial charge in [-0.2, -0.15) is 4.90 Å². The van der Waals surface area contributed by atoms with Gasteiger partial charge in [-0.3, -0.25) is 4.79 Å². The number of anilines is 3. The van der Waals surface area contributed by atoms with Crippen molar-refractivity contribution in [3.8, 4) is 0 Å². The van der Waals surface area contributed by atoms with Gasteiger partial charge in [-0.05, 0) is 133 Å². The van der Waals surface area contributed by atoms with Crippen LogP contribution in [-0.2, 0) is 41.9 Å². The van der Waals surface area contributed by atoms with E-state index in [1.54, 1.807) is 104 Å². The van der Waals surface area contributed by atoms with E-state index < -0.39 is 50.5 Å². The van der Waals surface area contributed by atoms with Gasteiger partial charge in [-0.25, -0.2) is 27.8 Å². The standard InChI is InChI=1S/C41H51N5O9S/c1-25(2)56(52,53)33-19-17-30(23-29(33)24-42)44-34(47)11-9-10-26-12-14-27(15-13-26)35(37(48)49)45-31-16-18-32-28(22-31)20-21-43-36(32)46(38(50)54-40(3,4)5)39(51)55-41(6,7)8/h12-23,25,35,45H,9-11,24,42H2,1-8H3,(H,44,47)(H,48,49). The number of rotatable bonds is 13. The van der Waals surface area contributed by atoms with Crippen molar-refractivity contribution in [3.05, 3.63) is 89.6 Å². The topological polar surface area (TPSA) is 207 Å². The molecule has 4 aromatic rings. The average Bonchev–Trinajstić information content (AvgIpc) is 3.09. The molecule has 1 heterocycles. The summed E-state index contributed by atoms with van der Waals surface area (Å²) in [5.41, 5.74) is 6.75. The number of carbonyl (C=O) groups is 4. The molecule has 0 aliphatic rings. The Labute approximate surface area is 327 Å². The number of nitrogens with zero attached hydrogens (tertiary/aromatic N) is 2. The van der Waals surface area contributed by atoms with Crippen LogP contribution in [0.25, 0.3) is 10.8 Å². The van der Waals surface area contributed by atoms with E-state index >= 15 is 0 Å². The van der Waals surface area contributed by atoms with Gasteiger partial charge in [0.15, 0.2) is 21.7 Å². The van der Waals surface area contributed by atoms with E-state index in [4.69, 9.17) is 15.2 Å². The third-order valence-electron chi connectivity index (χ3n) is 8.34. The van der Waals surface area contributed by atoms with Gasteiger partial charge in [0.25, 0.3) is 0 Å². The number of ether oxygens (including phenoxy) is 2. The predicted molar refractivity (Wildman–Crippen MR) is 215 cm³/mol. The fraction of sp³-hybridized carbons (Fsp3) is 0.390. The number of pyridine rings is 1. The van der Waals surface area contributed by atoms with Gasteiger partial charge in [0.2, 0.25) is 5.91 Å². The molecule has 1 atom stereocenters. The summed E-state index contributed by atoms with van der Waals surface area (Å²) < 4.78 is 36.3. The third kappa shape index (κ3) is 11.3. The van der Waals surface area contributed by atoms with Crippen LogP contribution < -0.4 is 21.3 Å². The van der Waals surface area contributed by atoms with Crippen molar-refractivity contribution in [3.63, 3.8) is 0 Å². The molecule has 0 fully saturated rings. The highest BCUT2D eigenvalue weighted by molar-refractivity contribution is 7.92. The zero-order valence-electron chi connectivity index (χ0n) is 33.0. The second kappa shape index (κ2) is 17.5. The first-order valence-corrected chi connectivity index (χ1v) is 19.7. The van der Waals surface area contributed by atoms with Crippen molar-refractivity contribution in [2.24, 2.45) is 5.73 Å². The summed E-state index contributed by atoms with van der Waals surface area (Å²) in [4.78, 5) is 56.9. The van der Waals surface area contributed by atoms with Crippen LogP contribution in [0.5, 0.6) is 0 Å². The number of carboxylic acids is 1. The maximum absolute atomic E-state index is 13.3. The molecule has 5 N–H and O–H groups in total. The van der Waals surface area contributed by atoms with Crippen LogP contribution in [0.2, 0.25) is 0 Å². The van der Waals surface area contributed by atoms with E-state index in [-0.39, 0.29) is 29.6 Å². The normalized spacial score (nSPS) is 12.5. The number of sulfone groups is 1. The van der Waals surface area contributed by atoms with Gasteiger partial charge in [-0.1, -0.05) is 24.3 Å². The van der Waals surface area contributed by atoms with E-state index in [9.17, 15) is 32.7 Å². The number of aromatic nitrogens is 1. The number of carbonyl (C=O) groups excluding carboxylic acids is 3. The molecule has 0 aliphatic heterocycles. The molecule has 15 heteroatoms. The lowest BCUT2D eigenvalue weighted by molar-refractivity contribution is -0.138. The molecule has 0 saturated heterocycles. The van der Waals surface area contributed by atoms with E-state index in [2.05, 4.69) is 15.6 Å². The van der Waals surface area contributed by atoms with Crippen LogP contribution in [0.4, 0.5) is 26.8 Å². The molecule has 3 aromatic carbocycles. The number of aryl methyl sites for hydroxylation is 1. The van der Waals surface area contributed by atoms with Crippen molar-refractivity contribution in [1.29, 1.82) is 0 Å². The number of benzene rings is 3. The number of nitrogens with one attached hydrogen (secondary N) is 2. The number of hydrogen-bond donors (Lipinski definition) is 4. The summed E-state index contributed by atoms with van der Waals surface area (Å²) in [5.74, 6) is -1.35. The number of hydrogen-bond acceptors (Lipinski definition) is 11. The highest BCUT2D eigenvalue weighted by Crippen LogP contribution is 2.31. The second-order valence-corrected chi connectivity index (χ2v) is 18.0. The molecule has 1 unspecified atom stereocenters. The minimum absolute atomic E-state index is 0.00507. The number of carboxylic acid groups (broad SMARTS) is 1. The molecule has 3 amide bonds. The summed E-state index contributed by atoms with van der Waals surface area (Å²) in [6.45, 7) is 13.3. The summed E-state index contributed by atoms with van der Waals surface area (Å²) in [7, 11) is -3.52. The van der Waals surface area contributed by atoms with Crippen LogP contribution >= 0.6 is 0 Å². The maximum Gasteiger partial charge on any atom is 0.425 e. The van der Waals surface area contributed by atoms with Crippen molar-refractivity contribution in [2.75, 3.05) is 15.5 Å². The van der Waals surface area contributed by atoms with Gasteiger partial charge in [-0.15, -0.1) is 0 Å². The van der Waals surface area contributed by atoms with Crippen LogP contribution in [-0.4, -0.2) is 59.0 Å². The van der Waals surface area contributed by atoms with Gasteiger partial charge >= 0.3 is 18.2 Å². The summed E-state index contributed by atoms with van der Waals surface area (Å²) in [6, 6.07) is 17.2. The molecular weight excluding hydrogens is 739 g/mol. The molecular formula is C41H51N5O9S. The summed E-state index contributed by atoms with van der Waals surface area (Å²) in [6.07, 6.45) is 0.787. The molecule has 0 aliphatic carbocycles. The van der Waals surface area contributed by atoms with Gasteiger partial charge in [0.05, 0.1) is 10.1 Å². The quantitative estimate of drug-likeness (QED) is 0.103. The summed E-state index contributed by atoms with van der Waals surface area (Å²) >= 11 is 0. The largest absolute Gasteiger partial charge is 0.479 e. The van der Waals surface area contributed by atoms with Crippen LogP contribution in [0, 0.1) is 0 Å². The van der Waals surface area contributed by atoms with Crippen molar-refractivity contribution < 1.29 is 42.2 Å². The molecule has 56 heavy (non-hydrogen) atoms. The van der Waals surface area contributed by atoms with E-state index in [1.165, 1.54) is 12.3 Å². The molecule has 4 rings (SSSR count). The van der Waals surface area contributed by atoms with E-state index in [0.717, 1.165) is 10.5 Å². The molecule has 0 bridgehead atoms.